The Morgan fingerprint density at radius 1 is 1.40 bits per heavy atom. The molecule has 0 aliphatic carbocycles. The lowest BCUT2D eigenvalue weighted by molar-refractivity contribution is 0.349. The molecular weight excluding hydrogens is 317 g/mol. The zero-order valence-corrected chi connectivity index (χ0v) is 13.3. The molecule has 1 atom stereocenters. The summed E-state index contributed by atoms with van der Waals surface area (Å²) < 4.78 is 5.19. The van der Waals surface area contributed by atoms with Crippen LogP contribution in [0.5, 0.6) is 0 Å². The highest BCUT2D eigenvalue weighted by Crippen LogP contribution is 2.23. The maximum Gasteiger partial charge on any atom is 0.243 e. The van der Waals surface area contributed by atoms with E-state index < -0.39 is 0 Å². The number of nitrogens with zero attached hydrogens (tertiary/aromatic N) is 2. The van der Waals surface area contributed by atoms with Gasteiger partial charge in [0.2, 0.25) is 5.89 Å². The first-order valence-electron chi connectivity index (χ1n) is 6.11. The number of thioether (sulfide) groups is 1. The second-order valence-corrected chi connectivity index (χ2v) is 6.18. The molecule has 0 aliphatic rings. The summed E-state index contributed by atoms with van der Waals surface area (Å²) in [5, 5.41) is 5.14. The summed E-state index contributed by atoms with van der Waals surface area (Å²) in [6, 6.07) is 5.12. The molecule has 0 aliphatic heterocycles. The zero-order valence-electron chi connectivity index (χ0n) is 11.0. The SMILES string of the molecule is CSCC[C@H](N)c1nc(Cc2ccc(Cl)cc2Cl)no1. The van der Waals surface area contributed by atoms with Crippen LogP contribution in [0.3, 0.4) is 0 Å². The second-order valence-electron chi connectivity index (χ2n) is 4.35. The standard InChI is InChI=1S/C13H15Cl2N3OS/c1-20-5-4-11(16)13-17-12(18-19-13)6-8-2-3-9(14)7-10(8)15/h2-3,7,11H,4-6,16H2,1H3/t11-/m0/s1. The van der Waals surface area contributed by atoms with Gasteiger partial charge in [0.1, 0.15) is 0 Å². The summed E-state index contributed by atoms with van der Waals surface area (Å²) in [5.74, 6) is 2.00. The van der Waals surface area contributed by atoms with Gasteiger partial charge in [0.15, 0.2) is 5.82 Å². The fourth-order valence-corrected chi connectivity index (χ4v) is 2.66. The molecule has 20 heavy (non-hydrogen) atoms. The summed E-state index contributed by atoms with van der Waals surface area (Å²) in [6.07, 6.45) is 3.34. The smallest absolute Gasteiger partial charge is 0.243 e. The predicted octanol–water partition coefficient (Wildman–Crippen LogP) is 3.72. The summed E-state index contributed by atoms with van der Waals surface area (Å²) in [4.78, 5) is 4.32. The van der Waals surface area contributed by atoms with E-state index in [2.05, 4.69) is 10.1 Å². The zero-order chi connectivity index (χ0) is 14.5. The summed E-state index contributed by atoms with van der Waals surface area (Å²) in [7, 11) is 0. The van der Waals surface area contributed by atoms with Crippen LogP contribution in [0, 0.1) is 0 Å². The third-order valence-corrected chi connectivity index (χ3v) is 4.03. The van der Waals surface area contributed by atoms with E-state index in [4.69, 9.17) is 33.5 Å². The number of rotatable bonds is 6. The Hall–Kier alpha value is -0.750. The minimum atomic E-state index is -0.218. The number of hydrogen-bond donors (Lipinski definition) is 1. The van der Waals surface area contributed by atoms with Gasteiger partial charge in [-0.2, -0.15) is 16.7 Å². The quantitative estimate of drug-likeness (QED) is 0.873. The molecule has 0 saturated carbocycles. The fraction of sp³-hybridized carbons (Fsp3) is 0.385. The minimum Gasteiger partial charge on any atom is -0.338 e. The molecule has 0 fully saturated rings. The summed E-state index contributed by atoms with van der Waals surface area (Å²) in [5.41, 5.74) is 6.89. The first kappa shape index (κ1) is 15.6. The molecule has 1 aromatic heterocycles. The molecule has 1 heterocycles. The van der Waals surface area contributed by atoms with E-state index in [-0.39, 0.29) is 6.04 Å². The van der Waals surface area contributed by atoms with Crippen LogP contribution in [0.2, 0.25) is 10.0 Å². The Morgan fingerprint density at radius 2 is 2.20 bits per heavy atom. The van der Waals surface area contributed by atoms with Crippen molar-refractivity contribution in [2.24, 2.45) is 5.73 Å². The lowest BCUT2D eigenvalue weighted by atomic mass is 10.1. The van der Waals surface area contributed by atoms with Crippen molar-refractivity contribution in [2.45, 2.75) is 18.9 Å². The molecule has 2 aromatic rings. The van der Waals surface area contributed by atoms with E-state index in [1.54, 1.807) is 23.9 Å². The van der Waals surface area contributed by atoms with Gasteiger partial charge in [-0.05, 0) is 36.1 Å². The Morgan fingerprint density at radius 3 is 2.90 bits per heavy atom. The molecule has 0 spiro atoms. The van der Waals surface area contributed by atoms with Crippen molar-refractivity contribution in [3.05, 3.63) is 45.5 Å². The van der Waals surface area contributed by atoms with E-state index in [0.29, 0.717) is 28.2 Å². The van der Waals surface area contributed by atoms with Crippen LogP contribution < -0.4 is 5.73 Å². The van der Waals surface area contributed by atoms with E-state index in [0.717, 1.165) is 17.7 Å². The number of hydrogen-bond acceptors (Lipinski definition) is 5. The first-order chi connectivity index (χ1) is 9.60. The van der Waals surface area contributed by atoms with Crippen LogP contribution in [0.4, 0.5) is 0 Å². The van der Waals surface area contributed by atoms with E-state index in [1.165, 1.54) is 0 Å². The van der Waals surface area contributed by atoms with Crippen molar-refractivity contribution in [1.82, 2.24) is 10.1 Å². The van der Waals surface area contributed by atoms with Crippen LogP contribution in [-0.2, 0) is 6.42 Å². The Balaban J connectivity index is 2.05. The highest BCUT2D eigenvalue weighted by atomic mass is 35.5. The van der Waals surface area contributed by atoms with Crippen molar-refractivity contribution in [1.29, 1.82) is 0 Å². The van der Waals surface area contributed by atoms with Gasteiger partial charge in [0, 0.05) is 16.5 Å². The Kier molecular flexibility index (Phi) is 5.72. The topological polar surface area (TPSA) is 64.9 Å². The van der Waals surface area contributed by atoms with Crippen LogP contribution in [0.25, 0.3) is 0 Å². The molecular formula is C13H15Cl2N3OS. The van der Waals surface area contributed by atoms with Gasteiger partial charge >= 0.3 is 0 Å². The molecule has 108 valence electrons. The third-order valence-electron chi connectivity index (χ3n) is 2.80. The molecule has 0 amide bonds. The average molecular weight is 332 g/mol. The fourth-order valence-electron chi connectivity index (χ4n) is 1.69. The molecule has 2 rings (SSSR count). The predicted molar refractivity (Wildman–Crippen MR) is 83.5 cm³/mol. The van der Waals surface area contributed by atoms with Crippen molar-refractivity contribution < 1.29 is 4.52 Å². The van der Waals surface area contributed by atoms with Gasteiger partial charge in [-0.15, -0.1) is 0 Å². The van der Waals surface area contributed by atoms with Crippen LogP contribution in [0.15, 0.2) is 22.7 Å². The summed E-state index contributed by atoms with van der Waals surface area (Å²) >= 11 is 13.7. The molecule has 0 radical (unpaired) electrons. The molecule has 4 nitrogen and oxygen atoms in total. The Labute approximate surface area is 132 Å². The van der Waals surface area contributed by atoms with Crippen LogP contribution in [0.1, 0.15) is 29.7 Å². The molecule has 0 saturated heterocycles. The number of halogens is 2. The van der Waals surface area contributed by atoms with Crippen LogP contribution in [-0.4, -0.2) is 22.1 Å². The van der Waals surface area contributed by atoms with Gasteiger partial charge in [-0.25, -0.2) is 0 Å². The van der Waals surface area contributed by atoms with Gasteiger partial charge in [0.25, 0.3) is 0 Å². The lowest BCUT2D eigenvalue weighted by Crippen LogP contribution is -2.11. The van der Waals surface area contributed by atoms with Crippen molar-refractivity contribution >= 4 is 35.0 Å². The van der Waals surface area contributed by atoms with Crippen molar-refractivity contribution in [3.63, 3.8) is 0 Å². The van der Waals surface area contributed by atoms with E-state index in [1.807, 2.05) is 12.3 Å². The average Bonchev–Trinajstić information content (AvgIpc) is 2.88. The normalized spacial score (nSPS) is 12.6. The largest absolute Gasteiger partial charge is 0.338 e. The first-order valence-corrected chi connectivity index (χ1v) is 8.26. The second kappa shape index (κ2) is 7.31. The molecule has 0 unspecified atom stereocenters. The van der Waals surface area contributed by atoms with Gasteiger partial charge in [0.05, 0.1) is 6.04 Å². The molecule has 2 N–H and O–H groups in total. The van der Waals surface area contributed by atoms with E-state index in [9.17, 15) is 0 Å². The monoisotopic (exact) mass is 331 g/mol. The minimum absolute atomic E-state index is 0.218. The summed E-state index contributed by atoms with van der Waals surface area (Å²) in [6.45, 7) is 0. The number of nitrogens with two attached hydrogens (primary N) is 1. The molecule has 0 bridgehead atoms. The molecule has 7 heteroatoms. The van der Waals surface area contributed by atoms with Gasteiger partial charge < -0.3 is 10.3 Å². The maximum atomic E-state index is 6.12. The van der Waals surface area contributed by atoms with Gasteiger partial charge in [-0.3, -0.25) is 0 Å². The van der Waals surface area contributed by atoms with E-state index >= 15 is 0 Å². The maximum absolute atomic E-state index is 6.12. The van der Waals surface area contributed by atoms with Crippen molar-refractivity contribution in [2.75, 3.05) is 12.0 Å². The van der Waals surface area contributed by atoms with Crippen molar-refractivity contribution in [3.8, 4) is 0 Å². The number of aromatic nitrogens is 2. The Bertz CT molecular complexity index is 576. The lowest BCUT2D eigenvalue weighted by Gasteiger charge is -2.03. The third kappa shape index (κ3) is 4.12. The highest BCUT2D eigenvalue weighted by molar-refractivity contribution is 7.98. The number of benzene rings is 1. The molecule has 1 aromatic carbocycles. The van der Waals surface area contributed by atoms with Gasteiger partial charge in [-0.1, -0.05) is 34.4 Å². The van der Waals surface area contributed by atoms with Crippen LogP contribution >= 0.6 is 35.0 Å². The highest BCUT2D eigenvalue weighted by Gasteiger charge is 2.15.